The molecule has 0 saturated carbocycles. The van der Waals surface area contributed by atoms with Gasteiger partial charge >= 0.3 is 0 Å². The van der Waals surface area contributed by atoms with Crippen LogP contribution in [0.15, 0.2) is 64.3 Å². The van der Waals surface area contributed by atoms with Gasteiger partial charge in [-0.15, -0.1) is 0 Å². The second-order valence-electron chi connectivity index (χ2n) is 6.96. The van der Waals surface area contributed by atoms with Crippen LogP contribution >= 0.6 is 0 Å². The second kappa shape index (κ2) is 8.87. The number of hydrogen-bond donors (Lipinski definition) is 1. The van der Waals surface area contributed by atoms with E-state index in [2.05, 4.69) is 15.3 Å². The molecule has 1 atom stereocenters. The summed E-state index contributed by atoms with van der Waals surface area (Å²) in [5.41, 5.74) is 3.41. The standard InChI is InChI=1S/C22H22N4O4/c1-29-24-18-13-19(21-23-20(11-12-27)25-30-21)26(14-18)22(28)17-9-7-16(8-10-17)15-5-3-2-4-6-15/h2-10,19,27H,11-14H2,1H3/b24-18+. The molecule has 4 rings (SSSR count). The summed E-state index contributed by atoms with van der Waals surface area (Å²) >= 11 is 0. The maximum atomic E-state index is 13.3. The van der Waals surface area contributed by atoms with Gasteiger partial charge in [0.05, 0.1) is 18.9 Å². The van der Waals surface area contributed by atoms with E-state index in [-0.39, 0.29) is 12.5 Å². The Morgan fingerprint density at radius 2 is 1.93 bits per heavy atom. The number of aliphatic hydroxyl groups is 1. The Morgan fingerprint density at radius 1 is 1.20 bits per heavy atom. The van der Waals surface area contributed by atoms with Crippen molar-refractivity contribution < 1.29 is 19.3 Å². The van der Waals surface area contributed by atoms with E-state index in [1.54, 1.807) is 4.90 Å². The Bertz CT molecular complexity index is 1030. The van der Waals surface area contributed by atoms with E-state index in [9.17, 15) is 4.79 Å². The molecular formula is C22H22N4O4. The third-order valence-corrected chi connectivity index (χ3v) is 4.98. The molecule has 1 aromatic heterocycles. The van der Waals surface area contributed by atoms with E-state index in [1.807, 2.05) is 54.6 Å². The minimum atomic E-state index is -0.430. The van der Waals surface area contributed by atoms with E-state index in [1.165, 1.54) is 7.11 Å². The zero-order valence-corrected chi connectivity index (χ0v) is 16.6. The van der Waals surface area contributed by atoms with Gasteiger partial charge in [-0.25, -0.2) is 0 Å². The van der Waals surface area contributed by atoms with Gasteiger partial charge in [-0.1, -0.05) is 52.8 Å². The van der Waals surface area contributed by atoms with Gasteiger partial charge in [-0.2, -0.15) is 4.98 Å². The summed E-state index contributed by atoms with van der Waals surface area (Å²) < 4.78 is 5.36. The number of likely N-dealkylation sites (tertiary alicyclic amines) is 1. The molecule has 2 heterocycles. The highest BCUT2D eigenvalue weighted by atomic mass is 16.6. The Labute approximate surface area is 173 Å². The average molecular weight is 406 g/mol. The first-order valence-corrected chi connectivity index (χ1v) is 9.68. The van der Waals surface area contributed by atoms with Crippen LogP contribution in [0.1, 0.15) is 34.5 Å². The number of aromatic nitrogens is 2. The highest BCUT2D eigenvalue weighted by Gasteiger charge is 2.38. The molecule has 3 aromatic rings. The van der Waals surface area contributed by atoms with Crippen LogP contribution in [0.2, 0.25) is 0 Å². The number of hydrogen-bond acceptors (Lipinski definition) is 7. The van der Waals surface area contributed by atoms with Crippen LogP contribution in [0.5, 0.6) is 0 Å². The molecule has 2 aromatic carbocycles. The number of benzene rings is 2. The Balaban J connectivity index is 1.59. The van der Waals surface area contributed by atoms with Crippen LogP contribution < -0.4 is 0 Å². The summed E-state index contributed by atoms with van der Waals surface area (Å²) in [6.45, 7) is 0.242. The number of oxime groups is 1. The Hall–Kier alpha value is -3.52. The fraction of sp³-hybridized carbons (Fsp3) is 0.273. The van der Waals surface area contributed by atoms with Crippen LogP contribution in [0, 0.1) is 0 Å². The molecule has 1 fully saturated rings. The lowest BCUT2D eigenvalue weighted by Gasteiger charge is -2.21. The molecule has 0 aliphatic carbocycles. The largest absolute Gasteiger partial charge is 0.399 e. The third kappa shape index (κ3) is 4.08. The van der Waals surface area contributed by atoms with Gasteiger partial charge in [0, 0.05) is 18.4 Å². The minimum Gasteiger partial charge on any atom is -0.399 e. The van der Waals surface area contributed by atoms with Crippen LogP contribution in [0.3, 0.4) is 0 Å². The first kappa shape index (κ1) is 19.8. The maximum absolute atomic E-state index is 13.3. The number of carbonyl (C=O) groups excluding carboxylic acids is 1. The van der Waals surface area contributed by atoms with Crippen LogP contribution in [-0.2, 0) is 11.3 Å². The normalized spacial score (nSPS) is 17.5. The first-order chi connectivity index (χ1) is 14.7. The molecular weight excluding hydrogens is 384 g/mol. The van der Waals surface area contributed by atoms with Crippen molar-refractivity contribution in [1.82, 2.24) is 15.0 Å². The van der Waals surface area contributed by atoms with Gasteiger partial charge in [0.25, 0.3) is 5.91 Å². The molecule has 0 radical (unpaired) electrons. The van der Waals surface area contributed by atoms with Crippen molar-refractivity contribution in [3.63, 3.8) is 0 Å². The summed E-state index contributed by atoms with van der Waals surface area (Å²) in [5, 5.41) is 17.0. The quantitative estimate of drug-likeness (QED) is 0.632. The first-order valence-electron chi connectivity index (χ1n) is 9.68. The number of carbonyl (C=O) groups is 1. The summed E-state index contributed by atoms with van der Waals surface area (Å²) in [5.74, 6) is 0.584. The van der Waals surface area contributed by atoms with E-state index < -0.39 is 6.04 Å². The number of amides is 1. The topological polar surface area (TPSA) is 101 Å². The zero-order valence-electron chi connectivity index (χ0n) is 16.6. The van der Waals surface area contributed by atoms with Crippen molar-refractivity contribution in [2.75, 3.05) is 20.3 Å². The predicted octanol–water partition coefficient (Wildman–Crippen LogP) is 2.86. The van der Waals surface area contributed by atoms with Crippen molar-refractivity contribution in [3.8, 4) is 11.1 Å². The van der Waals surface area contributed by atoms with Crippen LogP contribution in [0.25, 0.3) is 11.1 Å². The molecule has 8 nitrogen and oxygen atoms in total. The Morgan fingerprint density at radius 3 is 2.63 bits per heavy atom. The fourth-order valence-corrected chi connectivity index (χ4v) is 3.54. The van der Waals surface area contributed by atoms with Gasteiger partial charge in [0.15, 0.2) is 5.82 Å². The molecule has 1 N–H and O–H groups in total. The maximum Gasteiger partial charge on any atom is 0.254 e. The molecule has 30 heavy (non-hydrogen) atoms. The molecule has 1 aliphatic rings. The lowest BCUT2D eigenvalue weighted by atomic mass is 10.0. The fourth-order valence-electron chi connectivity index (χ4n) is 3.54. The molecule has 1 unspecified atom stereocenters. The lowest BCUT2D eigenvalue weighted by molar-refractivity contribution is 0.0713. The van der Waals surface area contributed by atoms with Gasteiger partial charge in [0.2, 0.25) is 5.89 Å². The molecule has 1 amide bonds. The van der Waals surface area contributed by atoms with E-state index in [0.29, 0.717) is 36.7 Å². The summed E-state index contributed by atoms with van der Waals surface area (Å²) in [6.07, 6.45) is 0.743. The Kier molecular flexibility index (Phi) is 5.85. The lowest BCUT2D eigenvalue weighted by Crippen LogP contribution is -2.31. The average Bonchev–Trinajstić information content (AvgIpc) is 3.42. The van der Waals surface area contributed by atoms with Crippen LogP contribution in [-0.4, -0.2) is 52.0 Å². The number of rotatable bonds is 6. The van der Waals surface area contributed by atoms with Crippen molar-refractivity contribution in [2.45, 2.75) is 18.9 Å². The van der Waals surface area contributed by atoms with E-state index >= 15 is 0 Å². The second-order valence-corrected chi connectivity index (χ2v) is 6.96. The molecule has 0 bridgehead atoms. The van der Waals surface area contributed by atoms with Crippen molar-refractivity contribution >= 4 is 11.6 Å². The van der Waals surface area contributed by atoms with Gasteiger partial charge in [-0.05, 0) is 23.3 Å². The highest BCUT2D eigenvalue weighted by Crippen LogP contribution is 2.32. The van der Waals surface area contributed by atoms with Crippen LogP contribution in [0.4, 0.5) is 0 Å². The molecule has 8 heteroatoms. The SMILES string of the molecule is CO/N=C1\CC(c2nc(CCO)no2)N(C(=O)c2ccc(-c3ccccc3)cc2)C1. The van der Waals surface area contributed by atoms with Crippen molar-refractivity contribution in [3.05, 3.63) is 71.9 Å². The molecule has 154 valence electrons. The van der Waals surface area contributed by atoms with Gasteiger partial charge < -0.3 is 19.4 Å². The summed E-state index contributed by atoms with van der Waals surface area (Å²) in [6, 6.07) is 17.1. The van der Waals surface area contributed by atoms with Gasteiger partial charge in [0.1, 0.15) is 13.2 Å². The van der Waals surface area contributed by atoms with Crippen molar-refractivity contribution in [1.29, 1.82) is 0 Å². The summed E-state index contributed by atoms with van der Waals surface area (Å²) in [7, 11) is 1.47. The molecule has 1 aliphatic heterocycles. The number of nitrogens with zero attached hydrogens (tertiary/aromatic N) is 4. The highest BCUT2D eigenvalue weighted by molar-refractivity contribution is 6.00. The van der Waals surface area contributed by atoms with Gasteiger partial charge in [-0.3, -0.25) is 4.79 Å². The smallest absolute Gasteiger partial charge is 0.254 e. The minimum absolute atomic E-state index is 0.0730. The zero-order chi connectivity index (χ0) is 20.9. The predicted molar refractivity (Wildman–Crippen MR) is 110 cm³/mol. The molecule has 0 spiro atoms. The van der Waals surface area contributed by atoms with Crippen molar-refractivity contribution in [2.24, 2.45) is 5.16 Å². The molecule has 1 saturated heterocycles. The summed E-state index contributed by atoms with van der Waals surface area (Å²) in [4.78, 5) is 24.2. The number of aliphatic hydroxyl groups excluding tert-OH is 1. The third-order valence-electron chi connectivity index (χ3n) is 4.98. The van der Waals surface area contributed by atoms with E-state index in [0.717, 1.165) is 16.8 Å². The monoisotopic (exact) mass is 406 g/mol. The van der Waals surface area contributed by atoms with E-state index in [4.69, 9.17) is 14.5 Å².